The second-order valence-electron chi connectivity index (χ2n) is 1.92. The van der Waals surface area contributed by atoms with E-state index in [1.807, 2.05) is 0 Å². The first-order valence-corrected chi connectivity index (χ1v) is 2.45. The van der Waals surface area contributed by atoms with Gasteiger partial charge in [-0.2, -0.15) is 0 Å². The average molecular weight is 100 g/mol. The van der Waals surface area contributed by atoms with Crippen LogP contribution in [0.2, 0.25) is 0 Å². The summed E-state index contributed by atoms with van der Waals surface area (Å²) >= 11 is 0. The largest absolute Gasteiger partial charge is 0.325 e. The first-order valence-electron chi connectivity index (χ1n) is 2.45. The van der Waals surface area contributed by atoms with E-state index in [0.29, 0.717) is 0 Å². The molecular weight excluding hydrogens is 90.1 g/mol. The maximum absolute atomic E-state index is 5.46. The molecule has 1 heterocycles. The quantitative estimate of drug-likeness (QED) is 0.379. The minimum atomic E-state index is 0.125. The highest BCUT2D eigenvalue weighted by Gasteiger charge is 2.19. The highest BCUT2D eigenvalue weighted by Crippen LogP contribution is 1.92. The first-order chi connectivity index (χ1) is 3.30. The minimum absolute atomic E-state index is 0.125. The Kier molecular flexibility index (Phi) is 1.27. The maximum Gasteiger partial charge on any atom is 0.0349 e. The third-order valence-corrected chi connectivity index (χ3v) is 1.23. The van der Waals surface area contributed by atoms with Crippen LogP contribution >= 0.6 is 0 Å². The molecule has 1 fully saturated rings. The topological polar surface area (TPSA) is 66.1 Å². The summed E-state index contributed by atoms with van der Waals surface area (Å²) in [4.78, 5) is 0. The second-order valence-corrected chi connectivity index (χ2v) is 1.92. The van der Waals surface area contributed by atoms with Crippen molar-refractivity contribution in [2.75, 3.05) is 13.1 Å². The molecule has 0 aromatic heterocycles. The van der Waals surface area contributed by atoms with Gasteiger partial charge in [0.1, 0.15) is 0 Å². The summed E-state index contributed by atoms with van der Waals surface area (Å²) in [6.45, 7) is 1.50. The molecule has 41 valence electrons. The van der Waals surface area contributed by atoms with Crippen molar-refractivity contribution in [3.8, 4) is 0 Å². The molecule has 0 saturated carbocycles. The molecule has 3 heteroatoms. The van der Waals surface area contributed by atoms with Gasteiger partial charge in [-0.1, -0.05) is 0 Å². The van der Waals surface area contributed by atoms with Crippen LogP contribution in [0.15, 0.2) is 0 Å². The lowest BCUT2D eigenvalue weighted by atomic mass is 10.2. The van der Waals surface area contributed by atoms with Crippen LogP contribution < -0.4 is 16.8 Å². The fourth-order valence-electron chi connectivity index (χ4n) is 0.643. The molecule has 0 aromatic rings. The highest BCUT2D eigenvalue weighted by atomic mass is 15.0. The van der Waals surface area contributed by atoms with E-state index in [-0.39, 0.29) is 12.1 Å². The van der Waals surface area contributed by atoms with Crippen LogP contribution in [0.1, 0.15) is 0 Å². The first kappa shape index (κ1) is 5.03. The van der Waals surface area contributed by atoms with Crippen molar-refractivity contribution < 1.29 is 0 Å². The number of nitrogens with zero attached hydrogens (tertiary/aromatic N) is 1. The van der Waals surface area contributed by atoms with Gasteiger partial charge < -0.3 is 11.5 Å². The van der Waals surface area contributed by atoms with E-state index in [9.17, 15) is 0 Å². The summed E-state index contributed by atoms with van der Waals surface area (Å²) in [7, 11) is 0. The highest BCUT2D eigenvalue weighted by molar-refractivity contribution is 4.85. The second kappa shape index (κ2) is 1.78. The Bertz CT molecular complexity index is 56.0. The molecular formula is C4H10N3. The van der Waals surface area contributed by atoms with Crippen molar-refractivity contribution in [3.05, 3.63) is 0 Å². The van der Waals surface area contributed by atoms with Gasteiger partial charge in [0.05, 0.1) is 0 Å². The van der Waals surface area contributed by atoms with Crippen molar-refractivity contribution in [2.24, 2.45) is 11.5 Å². The molecule has 2 atom stereocenters. The van der Waals surface area contributed by atoms with Gasteiger partial charge in [0.15, 0.2) is 0 Å². The number of hydrogen-bond donors (Lipinski definition) is 2. The third-order valence-electron chi connectivity index (χ3n) is 1.23. The molecule has 1 rings (SSSR count). The van der Waals surface area contributed by atoms with Gasteiger partial charge in [0.2, 0.25) is 0 Å². The van der Waals surface area contributed by atoms with Crippen LogP contribution in [0.5, 0.6) is 0 Å². The summed E-state index contributed by atoms with van der Waals surface area (Å²) in [5.41, 5.74) is 10.9. The monoisotopic (exact) mass is 100 g/mol. The summed E-state index contributed by atoms with van der Waals surface area (Å²) in [6, 6.07) is 0.250. The molecule has 0 spiro atoms. The molecule has 1 aliphatic rings. The lowest BCUT2D eigenvalue weighted by Gasteiger charge is -2.03. The van der Waals surface area contributed by atoms with Crippen molar-refractivity contribution in [2.45, 2.75) is 12.1 Å². The summed E-state index contributed by atoms with van der Waals surface area (Å²) in [6.07, 6.45) is 0. The van der Waals surface area contributed by atoms with Crippen molar-refractivity contribution in [3.63, 3.8) is 0 Å². The van der Waals surface area contributed by atoms with Crippen LogP contribution in [0.25, 0.3) is 0 Å². The van der Waals surface area contributed by atoms with Crippen LogP contribution in [-0.4, -0.2) is 25.2 Å². The van der Waals surface area contributed by atoms with Crippen LogP contribution in [0, 0.1) is 0 Å². The molecule has 2 unspecified atom stereocenters. The van der Waals surface area contributed by atoms with Crippen molar-refractivity contribution >= 4 is 0 Å². The van der Waals surface area contributed by atoms with Gasteiger partial charge in [-0.15, -0.1) is 0 Å². The van der Waals surface area contributed by atoms with Gasteiger partial charge in [0.25, 0.3) is 0 Å². The minimum Gasteiger partial charge on any atom is -0.325 e. The number of hydrogen-bond acceptors (Lipinski definition) is 2. The molecule has 1 aliphatic heterocycles. The predicted octanol–water partition coefficient (Wildman–Crippen LogP) is -1.74. The molecule has 0 amide bonds. The van der Waals surface area contributed by atoms with Gasteiger partial charge in [-0.05, 0) is 0 Å². The normalized spacial score (nSPS) is 42.0. The van der Waals surface area contributed by atoms with E-state index in [2.05, 4.69) is 5.32 Å². The summed E-state index contributed by atoms with van der Waals surface area (Å²) in [5, 5.41) is 4.00. The standard InChI is InChI=1S/C4H10N3/c5-3-1-7-2-4(3)6/h3-4H,1-2,5-6H2. The van der Waals surface area contributed by atoms with Gasteiger partial charge in [-0.3, -0.25) is 0 Å². The Morgan fingerprint density at radius 1 is 1.14 bits per heavy atom. The Labute approximate surface area is 43.1 Å². The fourth-order valence-corrected chi connectivity index (χ4v) is 0.643. The summed E-state index contributed by atoms with van der Waals surface area (Å²) in [5.74, 6) is 0. The van der Waals surface area contributed by atoms with Crippen LogP contribution in [0.3, 0.4) is 0 Å². The Balaban J connectivity index is 2.33. The average Bonchev–Trinajstić information content (AvgIpc) is 1.91. The van der Waals surface area contributed by atoms with Gasteiger partial charge in [-0.25, -0.2) is 5.32 Å². The summed E-state index contributed by atoms with van der Waals surface area (Å²) < 4.78 is 0. The predicted molar refractivity (Wildman–Crippen MR) is 27.8 cm³/mol. The Morgan fingerprint density at radius 3 is 1.71 bits per heavy atom. The molecule has 1 saturated heterocycles. The smallest absolute Gasteiger partial charge is 0.0349 e. The SMILES string of the molecule is NC1C[N]CC1N. The maximum atomic E-state index is 5.46. The number of rotatable bonds is 0. The zero-order valence-corrected chi connectivity index (χ0v) is 4.17. The molecule has 0 aliphatic carbocycles. The molecule has 7 heavy (non-hydrogen) atoms. The molecule has 0 aromatic carbocycles. The van der Waals surface area contributed by atoms with E-state index in [0.717, 1.165) is 13.1 Å². The van der Waals surface area contributed by atoms with Crippen molar-refractivity contribution in [1.82, 2.24) is 5.32 Å². The van der Waals surface area contributed by atoms with Gasteiger partial charge in [0, 0.05) is 25.2 Å². The molecule has 1 radical (unpaired) electrons. The zero-order chi connectivity index (χ0) is 5.28. The van der Waals surface area contributed by atoms with E-state index in [1.54, 1.807) is 0 Å². The fraction of sp³-hybridized carbons (Fsp3) is 1.00. The van der Waals surface area contributed by atoms with E-state index in [4.69, 9.17) is 11.5 Å². The van der Waals surface area contributed by atoms with E-state index < -0.39 is 0 Å². The van der Waals surface area contributed by atoms with Crippen LogP contribution in [0.4, 0.5) is 0 Å². The molecule has 3 nitrogen and oxygen atoms in total. The number of nitrogens with two attached hydrogens (primary N) is 2. The Morgan fingerprint density at radius 2 is 1.57 bits per heavy atom. The Hall–Kier alpha value is -0.120. The van der Waals surface area contributed by atoms with Crippen molar-refractivity contribution in [1.29, 1.82) is 0 Å². The van der Waals surface area contributed by atoms with Gasteiger partial charge >= 0.3 is 0 Å². The van der Waals surface area contributed by atoms with E-state index >= 15 is 0 Å². The zero-order valence-electron chi connectivity index (χ0n) is 4.17. The molecule has 0 bridgehead atoms. The van der Waals surface area contributed by atoms with Crippen LogP contribution in [-0.2, 0) is 0 Å². The molecule has 4 N–H and O–H groups in total. The lowest BCUT2D eigenvalue weighted by molar-refractivity contribution is 0.642. The van der Waals surface area contributed by atoms with E-state index in [1.165, 1.54) is 0 Å². The lowest BCUT2D eigenvalue weighted by Crippen LogP contribution is -2.39. The third kappa shape index (κ3) is 0.907.